The van der Waals surface area contributed by atoms with Crippen LogP contribution in [0.5, 0.6) is 0 Å². The van der Waals surface area contributed by atoms with Crippen LogP contribution in [-0.2, 0) is 4.79 Å². The van der Waals surface area contributed by atoms with Crippen LogP contribution in [-0.4, -0.2) is 48.0 Å². The number of hydrogen-bond acceptors (Lipinski definition) is 4. The number of carbonyl (C=O) groups excluding carboxylic acids is 1. The Balaban J connectivity index is 1.68. The number of amides is 1. The Morgan fingerprint density at radius 2 is 1.63 bits per heavy atom. The van der Waals surface area contributed by atoms with Gasteiger partial charge in [-0.2, -0.15) is 0 Å². The second-order valence-corrected chi connectivity index (χ2v) is 7.25. The van der Waals surface area contributed by atoms with Crippen LogP contribution in [0.15, 0.2) is 54.6 Å². The smallest absolute Gasteiger partial charge is 0.225 e. The van der Waals surface area contributed by atoms with Gasteiger partial charge in [0.15, 0.2) is 5.82 Å². The summed E-state index contributed by atoms with van der Waals surface area (Å²) in [6.45, 7) is 1.67. The van der Waals surface area contributed by atoms with Crippen LogP contribution in [0, 0.1) is 5.92 Å². The fraction of sp³-hybridized carbons (Fsp3) is 0.318. The summed E-state index contributed by atoms with van der Waals surface area (Å²) in [6, 6.07) is 18.2. The van der Waals surface area contributed by atoms with Crippen LogP contribution in [0.3, 0.4) is 0 Å². The maximum atomic E-state index is 12.3. The molecule has 0 saturated carbocycles. The summed E-state index contributed by atoms with van der Waals surface area (Å²) in [5.41, 5.74) is 1.97. The molecule has 5 heteroatoms. The van der Waals surface area contributed by atoms with E-state index in [1.807, 2.05) is 62.6 Å². The summed E-state index contributed by atoms with van der Waals surface area (Å²) in [7, 11) is 3.66. The van der Waals surface area contributed by atoms with Crippen LogP contribution in [0.4, 0.5) is 5.82 Å². The molecule has 0 bridgehead atoms. The SMILES string of the molecule is CN(C)C(=O)C1CCN(c2nc(-c3ccccc3)nc3ccccc23)CC1. The lowest BCUT2D eigenvalue weighted by Gasteiger charge is -2.33. The molecule has 1 aromatic heterocycles. The molecule has 0 atom stereocenters. The largest absolute Gasteiger partial charge is 0.356 e. The van der Waals surface area contributed by atoms with Gasteiger partial charge in [-0.15, -0.1) is 0 Å². The minimum Gasteiger partial charge on any atom is -0.356 e. The minimum absolute atomic E-state index is 0.109. The molecule has 0 unspecified atom stereocenters. The monoisotopic (exact) mass is 360 g/mol. The number of anilines is 1. The molecule has 0 radical (unpaired) electrons. The van der Waals surface area contributed by atoms with Gasteiger partial charge in [-0.3, -0.25) is 4.79 Å². The molecule has 0 N–H and O–H groups in total. The highest BCUT2D eigenvalue weighted by atomic mass is 16.2. The molecule has 3 aromatic rings. The zero-order valence-electron chi connectivity index (χ0n) is 15.8. The predicted octanol–water partition coefficient (Wildman–Crippen LogP) is 3.60. The number of aromatic nitrogens is 2. The van der Waals surface area contributed by atoms with Gasteiger partial charge in [-0.05, 0) is 25.0 Å². The van der Waals surface area contributed by atoms with Gasteiger partial charge >= 0.3 is 0 Å². The normalized spacial score (nSPS) is 15.1. The first-order valence-corrected chi connectivity index (χ1v) is 9.42. The molecule has 1 saturated heterocycles. The van der Waals surface area contributed by atoms with Gasteiger partial charge < -0.3 is 9.80 Å². The fourth-order valence-corrected chi connectivity index (χ4v) is 3.72. The number of hydrogen-bond donors (Lipinski definition) is 0. The number of piperidine rings is 1. The first-order valence-electron chi connectivity index (χ1n) is 9.42. The summed E-state index contributed by atoms with van der Waals surface area (Å²) in [5, 5.41) is 1.06. The molecule has 0 spiro atoms. The van der Waals surface area contributed by atoms with E-state index in [0.29, 0.717) is 0 Å². The fourth-order valence-electron chi connectivity index (χ4n) is 3.72. The van der Waals surface area contributed by atoms with Gasteiger partial charge in [0.05, 0.1) is 5.52 Å². The van der Waals surface area contributed by atoms with E-state index >= 15 is 0 Å². The van der Waals surface area contributed by atoms with Crippen LogP contribution >= 0.6 is 0 Å². The first kappa shape index (κ1) is 17.5. The van der Waals surface area contributed by atoms with Crippen molar-refractivity contribution in [1.29, 1.82) is 0 Å². The molecule has 1 aliphatic heterocycles. The van der Waals surface area contributed by atoms with Gasteiger partial charge in [0.25, 0.3) is 0 Å². The highest BCUT2D eigenvalue weighted by molar-refractivity contribution is 5.91. The van der Waals surface area contributed by atoms with Gasteiger partial charge in [0.1, 0.15) is 5.82 Å². The number of benzene rings is 2. The molecule has 138 valence electrons. The molecule has 4 rings (SSSR count). The third kappa shape index (κ3) is 3.50. The Labute approximate surface area is 159 Å². The Hall–Kier alpha value is -2.95. The van der Waals surface area contributed by atoms with Gasteiger partial charge in [0, 0.05) is 44.1 Å². The van der Waals surface area contributed by atoms with Crippen molar-refractivity contribution < 1.29 is 4.79 Å². The molecule has 1 fully saturated rings. The summed E-state index contributed by atoms with van der Waals surface area (Å²) < 4.78 is 0. The zero-order chi connectivity index (χ0) is 18.8. The lowest BCUT2D eigenvalue weighted by atomic mass is 9.95. The molecule has 1 aliphatic rings. The Morgan fingerprint density at radius 1 is 0.963 bits per heavy atom. The molecule has 5 nitrogen and oxygen atoms in total. The van der Waals surface area contributed by atoms with Gasteiger partial charge in [-0.25, -0.2) is 9.97 Å². The second-order valence-electron chi connectivity index (χ2n) is 7.25. The lowest BCUT2D eigenvalue weighted by molar-refractivity contribution is -0.133. The summed E-state index contributed by atoms with van der Waals surface area (Å²) in [6.07, 6.45) is 1.71. The van der Waals surface area contributed by atoms with E-state index in [4.69, 9.17) is 9.97 Å². The Bertz CT molecular complexity index is 947. The summed E-state index contributed by atoms with van der Waals surface area (Å²) >= 11 is 0. The third-order valence-electron chi connectivity index (χ3n) is 5.20. The average molecular weight is 360 g/mol. The van der Waals surface area contributed by atoms with Crippen LogP contribution in [0.1, 0.15) is 12.8 Å². The predicted molar refractivity (Wildman–Crippen MR) is 109 cm³/mol. The topological polar surface area (TPSA) is 49.3 Å². The number of rotatable bonds is 3. The Kier molecular flexibility index (Phi) is 4.75. The van der Waals surface area contributed by atoms with Gasteiger partial charge in [-0.1, -0.05) is 42.5 Å². The van der Waals surface area contributed by atoms with Crippen molar-refractivity contribution >= 4 is 22.6 Å². The standard InChI is InChI=1S/C22H24N4O/c1-25(2)22(27)17-12-14-26(15-13-17)21-18-10-6-7-11-19(18)23-20(24-21)16-8-4-3-5-9-16/h3-11,17H,12-15H2,1-2H3. The third-order valence-corrected chi connectivity index (χ3v) is 5.20. The van der Waals surface area contributed by atoms with E-state index in [2.05, 4.69) is 11.0 Å². The molecule has 2 heterocycles. The van der Waals surface area contributed by atoms with Crippen molar-refractivity contribution in [2.45, 2.75) is 12.8 Å². The molecule has 0 aliphatic carbocycles. The van der Waals surface area contributed by atoms with Crippen molar-refractivity contribution in [3.05, 3.63) is 54.6 Å². The highest BCUT2D eigenvalue weighted by Gasteiger charge is 2.27. The highest BCUT2D eigenvalue weighted by Crippen LogP contribution is 2.30. The van der Waals surface area contributed by atoms with E-state index in [9.17, 15) is 4.79 Å². The molecule has 1 amide bonds. The first-order chi connectivity index (χ1) is 13.1. The van der Waals surface area contributed by atoms with Gasteiger partial charge in [0.2, 0.25) is 5.91 Å². The van der Waals surface area contributed by atoms with Crippen LogP contribution in [0.2, 0.25) is 0 Å². The summed E-state index contributed by atoms with van der Waals surface area (Å²) in [5.74, 6) is 2.05. The van der Waals surface area contributed by atoms with Crippen molar-refractivity contribution in [3.8, 4) is 11.4 Å². The maximum absolute atomic E-state index is 12.3. The number of para-hydroxylation sites is 1. The van der Waals surface area contributed by atoms with E-state index in [-0.39, 0.29) is 11.8 Å². The van der Waals surface area contributed by atoms with E-state index in [0.717, 1.165) is 54.0 Å². The minimum atomic E-state index is 0.109. The quantitative estimate of drug-likeness (QED) is 0.716. The van der Waals surface area contributed by atoms with E-state index in [1.165, 1.54) is 0 Å². The van der Waals surface area contributed by atoms with Crippen LogP contribution < -0.4 is 4.90 Å². The molecular weight excluding hydrogens is 336 g/mol. The number of carbonyl (C=O) groups is 1. The van der Waals surface area contributed by atoms with Crippen molar-refractivity contribution in [1.82, 2.24) is 14.9 Å². The van der Waals surface area contributed by atoms with E-state index < -0.39 is 0 Å². The van der Waals surface area contributed by atoms with Crippen molar-refractivity contribution in [2.24, 2.45) is 5.92 Å². The Morgan fingerprint density at radius 3 is 2.33 bits per heavy atom. The number of nitrogens with zero attached hydrogens (tertiary/aromatic N) is 4. The molecular formula is C22H24N4O. The molecule has 27 heavy (non-hydrogen) atoms. The van der Waals surface area contributed by atoms with Crippen molar-refractivity contribution in [2.75, 3.05) is 32.1 Å². The zero-order valence-corrected chi connectivity index (χ0v) is 15.8. The maximum Gasteiger partial charge on any atom is 0.225 e. The van der Waals surface area contributed by atoms with E-state index in [1.54, 1.807) is 4.90 Å². The summed E-state index contributed by atoms with van der Waals surface area (Å²) in [4.78, 5) is 26.0. The van der Waals surface area contributed by atoms with Crippen molar-refractivity contribution in [3.63, 3.8) is 0 Å². The van der Waals surface area contributed by atoms with Crippen LogP contribution in [0.25, 0.3) is 22.3 Å². The lowest BCUT2D eigenvalue weighted by Crippen LogP contribution is -2.40. The average Bonchev–Trinajstić information content (AvgIpc) is 2.73. The second kappa shape index (κ2) is 7.35. The molecule has 2 aromatic carbocycles. The number of fused-ring (bicyclic) bond motifs is 1.